The van der Waals surface area contributed by atoms with Crippen molar-refractivity contribution in [1.29, 1.82) is 0 Å². The molecule has 3 rings (SSSR count). The van der Waals surface area contributed by atoms with Crippen molar-refractivity contribution in [2.24, 2.45) is 0 Å². The lowest BCUT2D eigenvalue weighted by Crippen LogP contribution is -2.14. The number of halogens is 1. The second-order valence-corrected chi connectivity index (χ2v) is 6.07. The zero-order chi connectivity index (χ0) is 13.4. The summed E-state index contributed by atoms with van der Waals surface area (Å²) in [4.78, 5) is 13.6. The van der Waals surface area contributed by atoms with Gasteiger partial charge in [-0.3, -0.25) is 4.79 Å². The van der Waals surface area contributed by atoms with Crippen LogP contribution in [0, 0.1) is 0 Å². The molecule has 5 heteroatoms. The molecular formula is C14H13ClN2OS. The minimum atomic E-state index is -0.162. The topological polar surface area (TPSA) is 55.1 Å². The van der Waals surface area contributed by atoms with Crippen LogP contribution < -0.4 is 11.1 Å². The standard InChI is InChI=1S/C14H13ClN2OS/c15-9-5-1-2-6-10(9)17-14(18)12-8-4-3-7-11(8)19-13(12)16/h1-2,5-6H,3-4,7,16H2,(H,17,18). The predicted octanol–water partition coefficient (Wildman–Crippen LogP) is 3.72. The van der Waals surface area contributed by atoms with Crippen molar-refractivity contribution in [3.8, 4) is 0 Å². The van der Waals surface area contributed by atoms with E-state index in [4.69, 9.17) is 17.3 Å². The maximum Gasteiger partial charge on any atom is 0.258 e. The van der Waals surface area contributed by atoms with Crippen LogP contribution in [0.15, 0.2) is 24.3 Å². The van der Waals surface area contributed by atoms with Crippen LogP contribution in [0.5, 0.6) is 0 Å². The van der Waals surface area contributed by atoms with Crippen LogP contribution in [0.25, 0.3) is 0 Å². The van der Waals surface area contributed by atoms with E-state index in [9.17, 15) is 4.79 Å². The number of rotatable bonds is 2. The van der Waals surface area contributed by atoms with Gasteiger partial charge in [-0.2, -0.15) is 0 Å². The summed E-state index contributed by atoms with van der Waals surface area (Å²) in [5.74, 6) is -0.162. The lowest BCUT2D eigenvalue weighted by atomic mass is 10.1. The van der Waals surface area contributed by atoms with Crippen molar-refractivity contribution in [2.75, 3.05) is 11.1 Å². The number of hydrogen-bond donors (Lipinski definition) is 2. The second-order valence-electron chi connectivity index (χ2n) is 4.53. The molecule has 1 aromatic heterocycles. The van der Waals surface area contributed by atoms with Crippen molar-refractivity contribution in [3.05, 3.63) is 45.3 Å². The molecule has 3 nitrogen and oxygen atoms in total. The molecule has 0 spiro atoms. The van der Waals surface area contributed by atoms with E-state index < -0.39 is 0 Å². The van der Waals surface area contributed by atoms with Gasteiger partial charge in [0.05, 0.1) is 21.3 Å². The average Bonchev–Trinajstić information content (AvgIpc) is 2.91. The molecule has 1 amide bonds. The fourth-order valence-corrected chi connectivity index (χ4v) is 3.76. The van der Waals surface area contributed by atoms with E-state index in [0.717, 1.165) is 24.8 Å². The molecule has 0 radical (unpaired) electrons. The first kappa shape index (κ1) is 12.5. The first-order chi connectivity index (χ1) is 9.16. The van der Waals surface area contributed by atoms with Crippen molar-refractivity contribution in [3.63, 3.8) is 0 Å². The van der Waals surface area contributed by atoms with Crippen LogP contribution in [-0.2, 0) is 12.8 Å². The van der Waals surface area contributed by atoms with E-state index in [1.807, 2.05) is 12.1 Å². The Balaban J connectivity index is 1.91. The van der Waals surface area contributed by atoms with Gasteiger partial charge in [0.1, 0.15) is 0 Å². The van der Waals surface area contributed by atoms with Gasteiger partial charge in [-0.15, -0.1) is 11.3 Å². The quantitative estimate of drug-likeness (QED) is 0.886. The molecule has 98 valence electrons. The number of aryl methyl sites for hydroxylation is 1. The molecule has 1 aliphatic carbocycles. The first-order valence-corrected chi connectivity index (χ1v) is 7.32. The van der Waals surface area contributed by atoms with Crippen molar-refractivity contribution < 1.29 is 4.79 Å². The van der Waals surface area contributed by atoms with Crippen LogP contribution in [0.1, 0.15) is 27.2 Å². The monoisotopic (exact) mass is 292 g/mol. The molecule has 0 saturated carbocycles. The third-order valence-electron chi connectivity index (χ3n) is 3.30. The Morgan fingerprint density at radius 2 is 2.11 bits per heavy atom. The number of carbonyl (C=O) groups is 1. The highest BCUT2D eigenvalue weighted by Crippen LogP contribution is 2.37. The van der Waals surface area contributed by atoms with Gasteiger partial charge in [0.15, 0.2) is 0 Å². The molecule has 1 aliphatic rings. The summed E-state index contributed by atoms with van der Waals surface area (Å²) >= 11 is 7.57. The number of hydrogen-bond acceptors (Lipinski definition) is 3. The highest BCUT2D eigenvalue weighted by atomic mass is 35.5. The predicted molar refractivity (Wildman–Crippen MR) is 80.2 cm³/mol. The van der Waals surface area contributed by atoms with Crippen molar-refractivity contribution in [1.82, 2.24) is 0 Å². The van der Waals surface area contributed by atoms with E-state index in [0.29, 0.717) is 21.3 Å². The Kier molecular flexibility index (Phi) is 3.21. The van der Waals surface area contributed by atoms with Gasteiger partial charge >= 0.3 is 0 Å². The molecule has 0 saturated heterocycles. The number of para-hydroxylation sites is 1. The van der Waals surface area contributed by atoms with Gasteiger partial charge in [-0.25, -0.2) is 0 Å². The van der Waals surface area contributed by atoms with E-state index in [2.05, 4.69) is 5.32 Å². The largest absolute Gasteiger partial charge is 0.390 e. The normalized spacial score (nSPS) is 13.3. The molecule has 0 fully saturated rings. The van der Waals surface area contributed by atoms with E-state index in [-0.39, 0.29) is 5.91 Å². The molecule has 19 heavy (non-hydrogen) atoms. The van der Waals surface area contributed by atoms with E-state index >= 15 is 0 Å². The molecule has 1 heterocycles. The fraction of sp³-hybridized carbons (Fsp3) is 0.214. The van der Waals surface area contributed by atoms with E-state index in [1.165, 1.54) is 16.2 Å². The lowest BCUT2D eigenvalue weighted by Gasteiger charge is -2.08. The summed E-state index contributed by atoms with van der Waals surface area (Å²) in [7, 11) is 0. The Morgan fingerprint density at radius 3 is 2.89 bits per heavy atom. The Labute approximate surface area is 120 Å². The van der Waals surface area contributed by atoms with Gasteiger partial charge in [0, 0.05) is 4.88 Å². The van der Waals surface area contributed by atoms with Gasteiger partial charge in [-0.1, -0.05) is 23.7 Å². The number of nitrogens with two attached hydrogens (primary N) is 1. The van der Waals surface area contributed by atoms with Crippen LogP contribution in [0.3, 0.4) is 0 Å². The number of nitrogen functional groups attached to an aromatic ring is 1. The molecule has 2 aromatic rings. The lowest BCUT2D eigenvalue weighted by molar-refractivity contribution is 0.102. The molecule has 0 bridgehead atoms. The van der Waals surface area contributed by atoms with Gasteiger partial charge in [0.2, 0.25) is 0 Å². The Bertz CT molecular complexity index is 651. The maximum atomic E-state index is 12.4. The third-order valence-corrected chi connectivity index (χ3v) is 4.75. The van der Waals surface area contributed by atoms with Gasteiger partial charge in [0.25, 0.3) is 5.91 Å². The number of anilines is 2. The van der Waals surface area contributed by atoms with Gasteiger partial charge in [-0.05, 0) is 37.0 Å². The van der Waals surface area contributed by atoms with Crippen molar-refractivity contribution in [2.45, 2.75) is 19.3 Å². The first-order valence-electron chi connectivity index (χ1n) is 6.12. The molecule has 0 unspecified atom stereocenters. The highest BCUT2D eigenvalue weighted by Gasteiger charge is 2.25. The minimum absolute atomic E-state index is 0.162. The fourth-order valence-electron chi connectivity index (χ4n) is 2.42. The van der Waals surface area contributed by atoms with Crippen LogP contribution >= 0.6 is 22.9 Å². The minimum Gasteiger partial charge on any atom is -0.390 e. The number of benzene rings is 1. The smallest absolute Gasteiger partial charge is 0.258 e. The zero-order valence-electron chi connectivity index (χ0n) is 10.2. The van der Waals surface area contributed by atoms with Crippen LogP contribution in [-0.4, -0.2) is 5.91 Å². The summed E-state index contributed by atoms with van der Waals surface area (Å²) in [6.45, 7) is 0. The second kappa shape index (κ2) is 4.87. The SMILES string of the molecule is Nc1sc2c(c1C(=O)Nc1ccccc1Cl)CCC2. The Hall–Kier alpha value is -1.52. The van der Waals surface area contributed by atoms with E-state index in [1.54, 1.807) is 12.1 Å². The summed E-state index contributed by atoms with van der Waals surface area (Å²) in [6, 6.07) is 7.19. The van der Waals surface area contributed by atoms with Crippen LogP contribution in [0.2, 0.25) is 5.02 Å². The highest BCUT2D eigenvalue weighted by molar-refractivity contribution is 7.16. The molecule has 3 N–H and O–H groups in total. The molecule has 1 aromatic carbocycles. The number of amides is 1. The van der Waals surface area contributed by atoms with Crippen LogP contribution in [0.4, 0.5) is 10.7 Å². The Morgan fingerprint density at radius 1 is 1.32 bits per heavy atom. The number of thiophene rings is 1. The average molecular weight is 293 g/mol. The maximum absolute atomic E-state index is 12.4. The third kappa shape index (κ3) is 2.22. The number of nitrogens with one attached hydrogen (secondary N) is 1. The molecule has 0 aliphatic heterocycles. The number of carbonyl (C=O) groups excluding carboxylic acids is 1. The summed E-state index contributed by atoms with van der Waals surface area (Å²) < 4.78 is 0. The van der Waals surface area contributed by atoms with Crippen molar-refractivity contribution >= 4 is 39.5 Å². The zero-order valence-corrected chi connectivity index (χ0v) is 11.8. The van der Waals surface area contributed by atoms with Gasteiger partial charge < -0.3 is 11.1 Å². The summed E-state index contributed by atoms with van der Waals surface area (Å²) in [5, 5.41) is 3.97. The summed E-state index contributed by atoms with van der Waals surface area (Å²) in [6.07, 6.45) is 3.08. The molecule has 0 atom stereocenters. The molecular weight excluding hydrogens is 280 g/mol. The number of fused-ring (bicyclic) bond motifs is 1. The summed E-state index contributed by atoms with van der Waals surface area (Å²) in [5.41, 5.74) is 8.34.